The number of aryl methyl sites for hydroxylation is 1. The largest absolute Gasteiger partial charge is 0.310 e. The van der Waals surface area contributed by atoms with Crippen molar-refractivity contribution in [1.29, 1.82) is 0 Å². The predicted molar refractivity (Wildman–Crippen MR) is 79.5 cm³/mol. The van der Waals surface area contributed by atoms with Crippen molar-refractivity contribution < 1.29 is 8.42 Å². The van der Waals surface area contributed by atoms with Crippen LogP contribution in [0.3, 0.4) is 0 Å². The van der Waals surface area contributed by atoms with Gasteiger partial charge in [0, 0.05) is 30.2 Å². The van der Waals surface area contributed by atoms with E-state index in [1.54, 1.807) is 22.5 Å². The topological polar surface area (TPSA) is 49.4 Å². The van der Waals surface area contributed by atoms with E-state index < -0.39 is 10.0 Å². The van der Waals surface area contributed by atoms with E-state index in [2.05, 4.69) is 5.32 Å². The molecule has 0 radical (unpaired) electrons. The van der Waals surface area contributed by atoms with Gasteiger partial charge in [-0.1, -0.05) is 17.7 Å². The summed E-state index contributed by atoms with van der Waals surface area (Å²) >= 11 is 5.96. The van der Waals surface area contributed by atoms with Crippen LogP contribution in [-0.2, 0) is 10.0 Å². The van der Waals surface area contributed by atoms with Gasteiger partial charge in [-0.25, -0.2) is 8.42 Å². The smallest absolute Gasteiger partial charge is 0.243 e. The fourth-order valence-electron chi connectivity index (χ4n) is 3.12. The molecule has 1 N–H and O–H groups in total. The summed E-state index contributed by atoms with van der Waals surface area (Å²) in [5.74, 6) is 0. The standard InChI is InChI=1S/C14H19ClN2O2S/c1-10-2-3-11(15)8-14(10)20(18,19)17-7-6-12-4-5-13(9-17)16-12/h2-3,8,12-13,16H,4-7,9H2,1H3. The van der Waals surface area contributed by atoms with Crippen LogP contribution in [0.15, 0.2) is 23.1 Å². The molecule has 2 unspecified atom stereocenters. The van der Waals surface area contributed by atoms with Crippen molar-refractivity contribution in [2.45, 2.75) is 43.2 Å². The summed E-state index contributed by atoms with van der Waals surface area (Å²) in [5.41, 5.74) is 0.747. The summed E-state index contributed by atoms with van der Waals surface area (Å²) in [6, 6.07) is 5.81. The van der Waals surface area contributed by atoms with Crippen molar-refractivity contribution in [2.75, 3.05) is 13.1 Å². The Bertz CT molecular complexity index is 618. The van der Waals surface area contributed by atoms with Gasteiger partial charge in [0.25, 0.3) is 0 Å². The zero-order chi connectivity index (χ0) is 14.3. The van der Waals surface area contributed by atoms with Crippen LogP contribution in [0, 0.1) is 6.92 Å². The van der Waals surface area contributed by atoms with Crippen LogP contribution in [0.4, 0.5) is 0 Å². The van der Waals surface area contributed by atoms with E-state index in [9.17, 15) is 8.42 Å². The molecule has 2 bridgehead atoms. The van der Waals surface area contributed by atoms with Crippen LogP contribution >= 0.6 is 11.6 Å². The molecule has 20 heavy (non-hydrogen) atoms. The van der Waals surface area contributed by atoms with Crippen LogP contribution in [0.2, 0.25) is 5.02 Å². The Labute approximate surface area is 125 Å². The second-order valence-electron chi connectivity index (χ2n) is 5.70. The molecule has 2 aliphatic rings. The van der Waals surface area contributed by atoms with Crippen molar-refractivity contribution in [1.82, 2.24) is 9.62 Å². The number of halogens is 1. The molecule has 2 aliphatic heterocycles. The first-order valence-electron chi connectivity index (χ1n) is 6.99. The monoisotopic (exact) mass is 314 g/mol. The van der Waals surface area contributed by atoms with Crippen molar-refractivity contribution in [2.24, 2.45) is 0 Å². The Morgan fingerprint density at radius 2 is 2.00 bits per heavy atom. The van der Waals surface area contributed by atoms with Gasteiger partial charge in [-0.3, -0.25) is 0 Å². The average molecular weight is 315 g/mol. The highest BCUT2D eigenvalue weighted by Gasteiger charge is 2.35. The summed E-state index contributed by atoms with van der Waals surface area (Å²) in [5, 5.41) is 3.96. The van der Waals surface area contributed by atoms with Crippen molar-refractivity contribution in [3.05, 3.63) is 28.8 Å². The molecule has 0 spiro atoms. The van der Waals surface area contributed by atoms with Crippen LogP contribution in [0.25, 0.3) is 0 Å². The van der Waals surface area contributed by atoms with Gasteiger partial charge >= 0.3 is 0 Å². The second kappa shape index (κ2) is 5.30. The Balaban J connectivity index is 1.93. The van der Waals surface area contributed by atoms with Gasteiger partial charge in [-0.05, 0) is 43.9 Å². The van der Waals surface area contributed by atoms with Gasteiger partial charge in [0.2, 0.25) is 10.0 Å². The molecule has 2 saturated heterocycles. The number of hydrogen-bond donors (Lipinski definition) is 1. The lowest BCUT2D eigenvalue weighted by Gasteiger charge is -2.24. The third-order valence-corrected chi connectivity index (χ3v) is 6.50. The minimum absolute atomic E-state index is 0.289. The SMILES string of the molecule is Cc1ccc(Cl)cc1S(=O)(=O)N1CCC2CCC(C1)N2. The lowest BCUT2D eigenvalue weighted by Crippen LogP contribution is -2.39. The Kier molecular flexibility index (Phi) is 3.79. The quantitative estimate of drug-likeness (QED) is 0.910. The molecule has 1 aromatic rings. The maximum absolute atomic E-state index is 12.8. The number of rotatable bonds is 2. The lowest BCUT2D eigenvalue weighted by molar-refractivity contribution is 0.383. The van der Waals surface area contributed by atoms with Gasteiger partial charge in [-0.15, -0.1) is 0 Å². The summed E-state index contributed by atoms with van der Waals surface area (Å²) in [6.45, 7) is 2.96. The lowest BCUT2D eigenvalue weighted by atomic mass is 10.1. The molecule has 0 saturated carbocycles. The van der Waals surface area contributed by atoms with E-state index >= 15 is 0 Å². The van der Waals surface area contributed by atoms with Crippen molar-refractivity contribution in [3.8, 4) is 0 Å². The normalized spacial score (nSPS) is 27.5. The van der Waals surface area contributed by atoms with Crippen molar-refractivity contribution >= 4 is 21.6 Å². The van der Waals surface area contributed by atoms with Gasteiger partial charge in [0.05, 0.1) is 4.90 Å². The van der Waals surface area contributed by atoms with Crippen LogP contribution in [0.1, 0.15) is 24.8 Å². The van der Waals surface area contributed by atoms with E-state index in [-0.39, 0.29) is 6.04 Å². The molecule has 2 heterocycles. The van der Waals surface area contributed by atoms with Crippen LogP contribution < -0.4 is 5.32 Å². The third-order valence-electron chi connectivity index (χ3n) is 4.25. The van der Waals surface area contributed by atoms with E-state index in [4.69, 9.17) is 11.6 Å². The minimum Gasteiger partial charge on any atom is -0.310 e. The molecular weight excluding hydrogens is 296 g/mol. The second-order valence-corrected chi connectivity index (χ2v) is 8.04. The van der Waals surface area contributed by atoms with E-state index in [0.29, 0.717) is 29.0 Å². The summed E-state index contributed by atoms with van der Waals surface area (Å²) in [7, 11) is -3.45. The number of sulfonamides is 1. The highest BCUT2D eigenvalue weighted by molar-refractivity contribution is 7.89. The molecule has 0 aromatic heterocycles. The van der Waals surface area contributed by atoms with Gasteiger partial charge in [0.1, 0.15) is 0 Å². The number of benzene rings is 1. The van der Waals surface area contributed by atoms with Gasteiger partial charge < -0.3 is 5.32 Å². The van der Waals surface area contributed by atoms with Gasteiger partial charge in [-0.2, -0.15) is 4.31 Å². The molecule has 4 nitrogen and oxygen atoms in total. The maximum atomic E-state index is 12.8. The molecule has 110 valence electrons. The fraction of sp³-hybridized carbons (Fsp3) is 0.571. The molecule has 2 atom stereocenters. The van der Waals surface area contributed by atoms with Gasteiger partial charge in [0.15, 0.2) is 0 Å². The van der Waals surface area contributed by atoms with Crippen LogP contribution in [0.5, 0.6) is 0 Å². The predicted octanol–water partition coefficient (Wildman–Crippen LogP) is 2.16. The third kappa shape index (κ3) is 2.60. The zero-order valence-electron chi connectivity index (χ0n) is 11.5. The first-order valence-corrected chi connectivity index (χ1v) is 8.81. The fourth-order valence-corrected chi connectivity index (χ4v) is 5.11. The molecule has 2 fully saturated rings. The average Bonchev–Trinajstić information content (AvgIpc) is 2.71. The number of fused-ring (bicyclic) bond motifs is 2. The zero-order valence-corrected chi connectivity index (χ0v) is 13.0. The minimum atomic E-state index is -3.45. The maximum Gasteiger partial charge on any atom is 0.243 e. The highest BCUT2D eigenvalue weighted by Crippen LogP contribution is 2.27. The Morgan fingerprint density at radius 1 is 1.25 bits per heavy atom. The first kappa shape index (κ1) is 14.3. The summed E-state index contributed by atoms with van der Waals surface area (Å²) in [6.07, 6.45) is 3.11. The molecule has 0 amide bonds. The number of hydrogen-bond acceptors (Lipinski definition) is 3. The number of nitrogens with one attached hydrogen (secondary N) is 1. The molecular formula is C14H19ClN2O2S. The van der Waals surface area contributed by atoms with Crippen molar-refractivity contribution in [3.63, 3.8) is 0 Å². The van der Waals surface area contributed by atoms with E-state index in [0.717, 1.165) is 24.8 Å². The Hall–Kier alpha value is -0.620. The van der Waals surface area contributed by atoms with Crippen LogP contribution in [-0.4, -0.2) is 37.9 Å². The molecule has 1 aromatic carbocycles. The summed E-state index contributed by atoms with van der Waals surface area (Å²) in [4.78, 5) is 0.336. The molecule has 6 heteroatoms. The summed E-state index contributed by atoms with van der Waals surface area (Å²) < 4.78 is 27.3. The first-order chi connectivity index (χ1) is 9.46. The number of nitrogens with zero attached hydrogens (tertiary/aromatic N) is 1. The van der Waals surface area contributed by atoms with E-state index in [1.165, 1.54) is 0 Å². The van der Waals surface area contributed by atoms with E-state index in [1.807, 2.05) is 6.92 Å². The molecule has 3 rings (SSSR count). The highest BCUT2D eigenvalue weighted by atomic mass is 35.5. The Morgan fingerprint density at radius 3 is 2.80 bits per heavy atom. The molecule has 0 aliphatic carbocycles.